The molecule has 0 amide bonds. The molecule has 1 nitrogen and oxygen atoms in total. The second-order valence-corrected chi connectivity index (χ2v) is 5.42. The Labute approximate surface area is 116 Å². The van der Waals surface area contributed by atoms with Crippen molar-refractivity contribution in [3.05, 3.63) is 63.4 Å². The Morgan fingerprint density at radius 2 is 1.74 bits per heavy atom. The van der Waals surface area contributed by atoms with Gasteiger partial charge in [-0.25, -0.2) is 13.2 Å². The van der Waals surface area contributed by atoms with Gasteiger partial charge in [-0.2, -0.15) is 0 Å². The van der Waals surface area contributed by atoms with Gasteiger partial charge in [0.1, 0.15) is 0 Å². The van der Waals surface area contributed by atoms with Crippen LogP contribution in [-0.2, 0) is 6.42 Å². The summed E-state index contributed by atoms with van der Waals surface area (Å²) in [4.78, 5) is 0. The largest absolute Gasteiger partial charge is 0.378 e. The fraction of sp³-hybridized carbons (Fsp3) is 0.143. The van der Waals surface area contributed by atoms with E-state index in [-0.39, 0.29) is 6.04 Å². The minimum atomic E-state index is -1.43. The smallest absolute Gasteiger partial charge is 0.194 e. The standard InChI is InChI=1S/C14H9BrF3N/c15-9-1-2-12-7(3-9)6-13(19-12)8-4-10(16)14(18)11(17)5-8/h1-5,13,19H,6H2. The third-order valence-electron chi connectivity index (χ3n) is 3.23. The molecule has 0 bridgehead atoms. The van der Waals surface area contributed by atoms with Crippen LogP contribution in [0, 0.1) is 17.5 Å². The van der Waals surface area contributed by atoms with Crippen LogP contribution in [0.1, 0.15) is 17.2 Å². The average Bonchev–Trinajstić information content (AvgIpc) is 2.78. The van der Waals surface area contributed by atoms with E-state index in [1.807, 2.05) is 18.2 Å². The molecular formula is C14H9BrF3N. The maximum atomic E-state index is 13.2. The lowest BCUT2D eigenvalue weighted by atomic mass is 10.0. The molecule has 0 saturated heterocycles. The molecule has 98 valence electrons. The molecule has 2 aromatic carbocycles. The van der Waals surface area contributed by atoms with Gasteiger partial charge in [0.15, 0.2) is 17.5 Å². The van der Waals surface area contributed by atoms with Gasteiger partial charge in [-0.15, -0.1) is 0 Å². The summed E-state index contributed by atoms with van der Waals surface area (Å²) in [5.74, 6) is -3.75. The number of hydrogen-bond donors (Lipinski definition) is 1. The topological polar surface area (TPSA) is 12.0 Å². The van der Waals surface area contributed by atoms with Gasteiger partial charge in [0, 0.05) is 10.2 Å². The van der Waals surface area contributed by atoms with Crippen molar-refractivity contribution in [1.29, 1.82) is 0 Å². The van der Waals surface area contributed by atoms with E-state index >= 15 is 0 Å². The van der Waals surface area contributed by atoms with E-state index in [1.54, 1.807) is 0 Å². The number of halogens is 4. The first kappa shape index (κ1) is 12.5. The number of rotatable bonds is 1. The lowest BCUT2D eigenvalue weighted by molar-refractivity contribution is 0.444. The van der Waals surface area contributed by atoms with Crippen LogP contribution in [0.3, 0.4) is 0 Å². The SMILES string of the molecule is Fc1cc(C2Cc3cc(Br)ccc3N2)cc(F)c1F. The molecule has 1 unspecified atom stereocenters. The molecule has 1 N–H and O–H groups in total. The molecule has 5 heteroatoms. The van der Waals surface area contributed by atoms with Crippen molar-refractivity contribution in [1.82, 2.24) is 0 Å². The monoisotopic (exact) mass is 327 g/mol. The van der Waals surface area contributed by atoms with Gasteiger partial charge in [0.2, 0.25) is 0 Å². The van der Waals surface area contributed by atoms with Crippen LogP contribution < -0.4 is 5.32 Å². The maximum absolute atomic E-state index is 13.2. The second kappa shape index (κ2) is 4.56. The number of benzene rings is 2. The van der Waals surface area contributed by atoms with Crippen LogP contribution in [0.2, 0.25) is 0 Å². The van der Waals surface area contributed by atoms with E-state index in [0.29, 0.717) is 12.0 Å². The minimum Gasteiger partial charge on any atom is -0.378 e. The Hall–Kier alpha value is -1.49. The van der Waals surface area contributed by atoms with Crippen molar-refractivity contribution < 1.29 is 13.2 Å². The fourth-order valence-electron chi connectivity index (χ4n) is 2.31. The molecule has 0 aliphatic carbocycles. The van der Waals surface area contributed by atoms with Crippen LogP contribution in [0.5, 0.6) is 0 Å². The summed E-state index contributed by atoms with van der Waals surface area (Å²) < 4.78 is 40.4. The molecule has 0 spiro atoms. The van der Waals surface area contributed by atoms with Crippen molar-refractivity contribution in [3.63, 3.8) is 0 Å². The van der Waals surface area contributed by atoms with Gasteiger partial charge in [-0.3, -0.25) is 0 Å². The summed E-state index contributed by atoms with van der Waals surface area (Å²) in [5, 5.41) is 3.18. The third-order valence-corrected chi connectivity index (χ3v) is 3.72. The normalized spacial score (nSPS) is 17.2. The molecule has 1 aliphatic rings. The van der Waals surface area contributed by atoms with Crippen LogP contribution in [0.25, 0.3) is 0 Å². The molecule has 1 aliphatic heterocycles. The van der Waals surface area contributed by atoms with Crippen molar-refractivity contribution in [2.45, 2.75) is 12.5 Å². The second-order valence-electron chi connectivity index (χ2n) is 4.50. The Balaban J connectivity index is 1.95. The van der Waals surface area contributed by atoms with Crippen LogP contribution in [-0.4, -0.2) is 0 Å². The van der Waals surface area contributed by atoms with Gasteiger partial charge in [-0.1, -0.05) is 15.9 Å². The summed E-state index contributed by atoms with van der Waals surface area (Å²) >= 11 is 3.38. The van der Waals surface area contributed by atoms with E-state index in [9.17, 15) is 13.2 Å². The fourth-order valence-corrected chi connectivity index (χ4v) is 2.72. The molecule has 3 rings (SSSR count). The molecule has 0 fully saturated rings. The highest BCUT2D eigenvalue weighted by molar-refractivity contribution is 9.10. The van der Waals surface area contributed by atoms with E-state index < -0.39 is 17.5 Å². The zero-order chi connectivity index (χ0) is 13.6. The molecule has 0 saturated carbocycles. The Bertz CT molecular complexity index is 634. The highest BCUT2D eigenvalue weighted by atomic mass is 79.9. The highest BCUT2D eigenvalue weighted by Crippen LogP contribution is 2.36. The summed E-state index contributed by atoms with van der Waals surface area (Å²) in [6.07, 6.45) is 0.610. The molecular weight excluding hydrogens is 319 g/mol. The first-order valence-corrected chi connectivity index (χ1v) is 6.53. The zero-order valence-corrected chi connectivity index (χ0v) is 11.3. The molecule has 0 radical (unpaired) electrons. The van der Waals surface area contributed by atoms with Gasteiger partial charge < -0.3 is 5.32 Å². The van der Waals surface area contributed by atoms with E-state index in [4.69, 9.17) is 0 Å². The van der Waals surface area contributed by atoms with Crippen molar-refractivity contribution in [3.8, 4) is 0 Å². The first-order chi connectivity index (χ1) is 9.04. The molecule has 19 heavy (non-hydrogen) atoms. The number of hydrogen-bond acceptors (Lipinski definition) is 1. The summed E-state index contributed by atoms with van der Waals surface area (Å²) in [7, 11) is 0. The van der Waals surface area contributed by atoms with Gasteiger partial charge in [0.05, 0.1) is 6.04 Å². The zero-order valence-electron chi connectivity index (χ0n) is 9.68. The minimum absolute atomic E-state index is 0.242. The summed E-state index contributed by atoms with van der Waals surface area (Å²) in [6, 6.07) is 7.58. The first-order valence-electron chi connectivity index (χ1n) is 5.74. The van der Waals surface area contributed by atoms with Crippen LogP contribution >= 0.6 is 15.9 Å². The van der Waals surface area contributed by atoms with Crippen molar-refractivity contribution in [2.75, 3.05) is 5.32 Å². The average molecular weight is 328 g/mol. The number of nitrogens with one attached hydrogen (secondary N) is 1. The quantitative estimate of drug-likeness (QED) is 0.756. The maximum Gasteiger partial charge on any atom is 0.194 e. The Morgan fingerprint density at radius 1 is 1.05 bits per heavy atom. The summed E-state index contributed by atoms with van der Waals surface area (Å²) in [5.41, 5.74) is 2.39. The number of fused-ring (bicyclic) bond motifs is 1. The van der Waals surface area contributed by atoms with E-state index in [1.165, 1.54) is 0 Å². The predicted octanol–water partition coefficient (Wildman–Crippen LogP) is 4.58. The predicted molar refractivity (Wildman–Crippen MR) is 70.5 cm³/mol. The molecule has 1 heterocycles. The van der Waals surface area contributed by atoms with Gasteiger partial charge in [0.25, 0.3) is 0 Å². The van der Waals surface area contributed by atoms with Gasteiger partial charge in [-0.05, 0) is 47.9 Å². The van der Waals surface area contributed by atoms with Crippen LogP contribution in [0.4, 0.5) is 18.9 Å². The van der Waals surface area contributed by atoms with E-state index in [2.05, 4.69) is 21.2 Å². The summed E-state index contributed by atoms with van der Waals surface area (Å²) in [6.45, 7) is 0. The van der Waals surface area contributed by atoms with Crippen LogP contribution in [0.15, 0.2) is 34.8 Å². The number of anilines is 1. The van der Waals surface area contributed by atoms with E-state index in [0.717, 1.165) is 27.9 Å². The Kier molecular flexibility index (Phi) is 3.01. The highest BCUT2D eigenvalue weighted by Gasteiger charge is 2.24. The molecule has 2 aromatic rings. The lowest BCUT2D eigenvalue weighted by Crippen LogP contribution is -2.07. The molecule has 0 aromatic heterocycles. The van der Waals surface area contributed by atoms with Crippen molar-refractivity contribution >= 4 is 21.6 Å². The molecule has 1 atom stereocenters. The Morgan fingerprint density at radius 3 is 2.42 bits per heavy atom. The lowest BCUT2D eigenvalue weighted by Gasteiger charge is -2.12. The third kappa shape index (κ3) is 2.23. The van der Waals surface area contributed by atoms with Gasteiger partial charge >= 0.3 is 0 Å². The van der Waals surface area contributed by atoms with Crippen molar-refractivity contribution in [2.24, 2.45) is 0 Å².